The van der Waals surface area contributed by atoms with Crippen LogP contribution in [0.15, 0.2) is 0 Å². The summed E-state index contributed by atoms with van der Waals surface area (Å²) in [4.78, 5) is 0. The summed E-state index contributed by atoms with van der Waals surface area (Å²) in [7, 11) is 0. The topological polar surface area (TPSA) is 0 Å². The number of hydrogen-bond acceptors (Lipinski definition) is 0. The van der Waals surface area contributed by atoms with Crippen LogP contribution >= 0.6 is 0 Å². The van der Waals surface area contributed by atoms with Crippen molar-refractivity contribution >= 4 is 0 Å². The van der Waals surface area contributed by atoms with Crippen LogP contribution in [-0.2, 0) is 0 Å². The minimum atomic E-state index is 0.745. The minimum absolute atomic E-state index is 0.745. The van der Waals surface area contributed by atoms with E-state index in [9.17, 15) is 0 Å². The van der Waals surface area contributed by atoms with Crippen LogP contribution in [0.5, 0.6) is 0 Å². The third-order valence-corrected chi connectivity index (χ3v) is 8.45. The standard InChI is InChI=1S/C17H26/c1-9-15-13-5-16(2)4-10-11(13)7-17(9,3)8-12(10)14(15)6-16/h9-15H,4-8H2,1-3H3. The van der Waals surface area contributed by atoms with Gasteiger partial charge in [-0.05, 0) is 84.4 Å². The van der Waals surface area contributed by atoms with Crippen molar-refractivity contribution in [3.05, 3.63) is 0 Å². The molecule has 0 heterocycles. The van der Waals surface area contributed by atoms with Gasteiger partial charge in [0.2, 0.25) is 0 Å². The van der Waals surface area contributed by atoms with Gasteiger partial charge in [-0.15, -0.1) is 0 Å². The third kappa shape index (κ3) is 0.901. The van der Waals surface area contributed by atoms with Gasteiger partial charge in [-0.25, -0.2) is 0 Å². The maximum absolute atomic E-state index is 2.63. The quantitative estimate of drug-likeness (QED) is 0.580. The lowest BCUT2D eigenvalue weighted by molar-refractivity contribution is -0.273. The van der Waals surface area contributed by atoms with Crippen molar-refractivity contribution in [1.29, 1.82) is 0 Å². The van der Waals surface area contributed by atoms with Crippen molar-refractivity contribution in [1.82, 2.24) is 0 Å². The van der Waals surface area contributed by atoms with E-state index in [1.165, 1.54) is 0 Å². The molecule has 94 valence electrons. The monoisotopic (exact) mass is 230 g/mol. The largest absolute Gasteiger partial charge is 0.0617 e. The predicted octanol–water partition coefficient (Wildman–Crippen LogP) is 4.35. The molecular formula is C17H26. The molecule has 0 amide bonds. The Balaban J connectivity index is 1.69. The van der Waals surface area contributed by atoms with Gasteiger partial charge in [0.05, 0.1) is 0 Å². The van der Waals surface area contributed by atoms with E-state index in [-0.39, 0.29) is 0 Å². The van der Waals surface area contributed by atoms with Crippen LogP contribution in [0.25, 0.3) is 0 Å². The second-order valence-corrected chi connectivity index (χ2v) is 9.17. The Morgan fingerprint density at radius 2 is 1.18 bits per heavy atom. The van der Waals surface area contributed by atoms with E-state index in [2.05, 4.69) is 20.8 Å². The van der Waals surface area contributed by atoms with Gasteiger partial charge in [0.25, 0.3) is 0 Å². The van der Waals surface area contributed by atoms with Crippen LogP contribution in [0.2, 0.25) is 0 Å². The van der Waals surface area contributed by atoms with Crippen molar-refractivity contribution in [3.63, 3.8) is 0 Å². The molecule has 0 spiro atoms. The molecule has 8 bridgehead atoms. The van der Waals surface area contributed by atoms with Gasteiger partial charge in [0.1, 0.15) is 0 Å². The molecule has 17 heavy (non-hydrogen) atoms. The highest BCUT2D eigenvalue weighted by Gasteiger charge is 2.70. The highest BCUT2D eigenvalue weighted by atomic mass is 14.7. The zero-order valence-corrected chi connectivity index (χ0v) is 11.6. The first-order valence-corrected chi connectivity index (χ1v) is 8.01. The zero-order valence-electron chi connectivity index (χ0n) is 11.6. The summed E-state index contributed by atoms with van der Waals surface area (Å²) >= 11 is 0. The smallest absolute Gasteiger partial charge is 0.0292 e. The molecule has 0 aromatic carbocycles. The molecule has 0 aromatic rings. The summed E-state index contributed by atoms with van der Waals surface area (Å²) < 4.78 is 0. The Hall–Kier alpha value is 0. The van der Waals surface area contributed by atoms with Gasteiger partial charge < -0.3 is 0 Å². The summed E-state index contributed by atoms with van der Waals surface area (Å²) in [5.41, 5.74) is 1.52. The van der Waals surface area contributed by atoms with E-state index in [1.54, 1.807) is 32.1 Å². The fraction of sp³-hybridized carbons (Fsp3) is 1.00. The lowest BCUT2D eigenvalue weighted by atomic mass is 9.29. The number of hydrogen-bond donors (Lipinski definition) is 0. The molecule has 0 N–H and O–H groups in total. The Morgan fingerprint density at radius 3 is 1.76 bits per heavy atom. The minimum Gasteiger partial charge on any atom is -0.0617 e. The molecule has 5 unspecified atom stereocenters. The molecule has 0 radical (unpaired) electrons. The van der Waals surface area contributed by atoms with Crippen LogP contribution in [0, 0.1) is 52.3 Å². The van der Waals surface area contributed by atoms with E-state index in [0.29, 0.717) is 0 Å². The fourth-order valence-corrected chi connectivity index (χ4v) is 8.02. The van der Waals surface area contributed by atoms with E-state index >= 15 is 0 Å². The van der Waals surface area contributed by atoms with Gasteiger partial charge in [0.15, 0.2) is 0 Å². The SMILES string of the molecule is CC1C2C3CC4(C)CC5C3CC1(C)CC5C2C4. The summed E-state index contributed by atoms with van der Waals surface area (Å²) in [6.45, 7) is 7.87. The first-order valence-electron chi connectivity index (χ1n) is 8.01. The second kappa shape index (κ2) is 2.49. The van der Waals surface area contributed by atoms with E-state index in [0.717, 1.165) is 52.3 Å². The summed E-state index contributed by atoms with van der Waals surface area (Å²) in [6, 6.07) is 0. The van der Waals surface area contributed by atoms with Gasteiger partial charge >= 0.3 is 0 Å². The molecule has 7 aliphatic rings. The molecular weight excluding hydrogens is 204 g/mol. The van der Waals surface area contributed by atoms with Crippen molar-refractivity contribution in [2.24, 2.45) is 52.3 Å². The van der Waals surface area contributed by atoms with Crippen molar-refractivity contribution < 1.29 is 0 Å². The highest BCUT2D eigenvalue weighted by molar-refractivity contribution is 5.19. The molecule has 7 aliphatic carbocycles. The highest BCUT2D eigenvalue weighted by Crippen LogP contribution is 2.77. The van der Waals surface area contributed by atoms with Crippen LogP contribution < -0.4 is 0 Å². The van der Waals surface area contributed by atoms with E-state index in [1.807, 2.05) is 0 Å². The maximum atomic E-state index is 2.63. The molecule has 7 rings (SSSR count). The molecule has 0 heteroatoms. The van der Waals surface area contributed by atoms with Crippen LogP contribution in [0.1, 0.15) is 52.9 Å². The summed E-state index contributed by atoms with van der Waals surface area (Å²) in [5, 5.41) is 0. The molecule has 7 saturated carbocycles. The average Bonchev–Trinajstić information content (AvgIpc) is 2.25. The number of rotatable bonds is 0. The molecule has 0 aromatic heterocycles. The summed E-state index contributed by atoms with van der Waals surface area (Å²) in [6.07, 6.45) is 8.00. The van der Waals surface area contributed by atoms with Crippen LogP contribution in [0.3, 0.4) is 0 Å². The van der Waals surface area contributed by atoms with Crippen LogP contribution in [-0.4, -0.2) is 0 Å². The van der Waals surface area contributed by atoms with Gasteiger partial charge in [-0.2, -0.15) is 0 Å². The van der Waals surface area contributed by atoms with Gasteiger partial charge in [-0.3, -0.25) is 0 Å². The van der Waals surface area contributed by atoms with Crippen LogP contribution in [0.4, 0.5) is 0 Å². The molecule has 0 aliphatic heterocycles. The van der Waals surface area contributed by atoms with Gasteiger partial charge in [-0.1, -0.05) is 20.8 Å². The summed E-state index contributed by atoms with van der Waals surface area (Å²) in [5.74, 6) is 7.95. The van der Waals surface area contributed by atoms with Crippen molar-refractivity contribution in [2.45, 2.75) is 52.9 Å². The van der Waals surface area contributed by atoms with Crippen molar-refractivity contribution in [3.8, 4) is 0 Å². The van der Waals surface area contributed by atoms with Gasteiger partial charge in [0, 0.05) is 0 Å². The Bertz CT molecular complexity index is 371. The van der Waals surface area contributed by atoms with E-state index < -0.39 is 0 Å². The maximum Gasteiger partial charge on any atom is -0.0292 e. The normalized spacial score (nSPS) is 74.6. The molecule has 5 atom stereocenters. The zero-order chi connectivity index (χ0) is 11.6. The third-order valence-electron chi connectivity index (χ3n) is 8.45. The molecule has 7 fully saturated rings. The average molecular weight is 230 g/mol. The van der Waals surface area contributed by atoms with E-state index in [4.69, 9.17) is 0 Å². The second-order valence-electron chi connectivity index (χ2n) is 9.17. The first-order chi connectivity index (χ1) is 8.01. The first kappa shape index (κ1) is 9.87. The fourth-order valence-electron chi connectivity index (χ4n) is 8.02. The predicted molar refractivity (Wildman–Crippen MR) is 69.4 cm³/mol. The lowest BCUT2D eigenvalue weighted by Crippen LogP contribution is -2.69. The van der Waals surface area contributed by atoms with Crippen molar-refractivity contribution in [2.75, 3.05) is 0 Å². The molecule has 0 saturated heterocycles. The Labute approximate surface area is 106 Å². The lowest BCUT2D eigenvalue weighted by Gasteiger charge is -2.76. The Kier molecular flexibility index (Phi) is 1.45. The Morgan fingerprint density at radius 1 is 0.706 bits per heavy atom. The molecule has 0 nitrogen and oxygen atoms in total.